The van der Waals surface area contributed by atoms with E-state index in [0.717, 1.165) is 24.3 Å². The lowest BCUT2D eigenvalue weighted by atomic mass is 9.99. The van der Waals surface area contributed by atoms with Gasteiger partial charge in [-0.25, -0.2) is 0 Å². The summed E-state index contributed by atoms with van der Waals surface area (Å²) in [5.41, 5.74) is 10.8. The van der Waals surface area contributed by atoms with Crippen molar-refractivity contribution < 1.29 is 9.47 Å². The summed E-state index contributed by atoms with van der Waals surface area (Å²) >= 11 is 0. The Morgan fingerprint density at radius 1 is 0.559 bits per heavy atom. The van der Waals surface area contributed by atoms with Crippen molar-refractivity contribution in [2.24, 2.45) is 0 Å². The summed E-state index contributed by atoms with van der Waals surface area (Å²) in [6.45, 7) is 0. The highest BCUT2D eigenvalue weighted by Crippen LogP contribution is 2.53. The number of benzene rings is 4. The summed E-state index contributed by atoms with van der Waals surface area (Å²) in [6, 6.07) is 30.0. The van der Waals surface area contributed by atoms with Crippen LogP contribution in [0.3, 0.4) is 0 Å². The van der Waals surface area contributed by atoms with E-state index < -0.39 is 0 Å². The van der Waals surface area contributed by atoms with Gasteiger partial charge < -0.3 is 9.47 Å². The topological polar surface area (TPSA) is 18.5 Å². The van der Waals surface area contributed by atoms with E-state index in [2.05, 4.69) is 72.8 Å². The zero-order valence-corrected chi connectivity index (χ0v) is 19.5. The second kappa shape index (κ2) is 8.39. The second-order valence-corrected chi connectivity index (χ2v) is 8.88. The van der Waals surface area contributed by atoms with Gasteiger partial charge in [-0.3, -0.25) is 0 Å². The van der Waals surface area contributed by atoms with Crippen molar-refractivity contribution in [1.82, 2.24) is 0 Å². The highest BCUT2D eigenvalue weighted by atomic mass is 16.5. The molecule has 0 radical (unpaired) electrons. The molecule has 1 fully saturated rings. The highest BCUT2D eigenvalue weighted by molar-refractivity contribution is 6.10. The van der Waals surface area contributed by atoms with Gasteiger partial charge in [0.25, 0.3) is 0 Å². The minimum Gasteiger partial charge on any atom is -0.497 e. The lowest BCUT2D eigenvalue weighted by Crippen LogP contribution is -1.86. The Hall–Kier alpha value is -4.04. The van der Waals surface area contributed by atoms with Gasteiger partial charge in [-0.1, -0.05) is 60.7 Å². The maximum atomic E-state index is 5.34. The van der Waals surface area contributed by atoms with Gasteiger partial charge in [0.2, 0.25) is 0 Å². The smallest absolute Gasteiger partial charge is 0.118 e. The Kier molecular flexibility index (Phi) is 5.07. The third-order valence-electron chi connectivity index (χ3n) is 6.83. The molecule has 6 rings (SSSR count). The van der Waals surface area contributed by atoms with Crippen LogP contribution in [-0.2, 0) is 0 Å². The molecule has 4 aromatic carbocycles. The van der Waals surface area contributed by atoms with E-state index in [1.807, 2.05) is 24.3 Å². The van der Waals surface area contributed by atoms with Gasteiger partial charge in [-0.15, -0.1) is 0 Å². The lowest BCUT2D eigenvalue weighted by Gasteiger charge is -2.06. The molecule has 0 atom stereocenters. The molecule has 0 bridgehead atoms. The van der Waals surface area contributed by atoms with Crippen LogP contribution in [0.4, 0.5) is 0 Å². The number of fused-ring (bicyclic) bond motifs is 2. The van der Waals surface area contributed by atoms with Gasteiger partial charge in [-0.05, 0) is 105 Å². The first-order valence-electron chi connectivity index (χ1n) is 11.7. The predicted octanol–water partition coefficient (Wildman–Crippen LogP) is 7.93. The van der Waals surface area contributed by atoms with E-state index in [1.54, 1.807) is 14.2 Å². The molecule has 0 heterocycles. The van der Waals surface area contributed by atoms with Crippen LogP contribution in [0, 0.1) is 0 Å². The zero-order chi connectivity index (χ0) is 23.1. The number of ether oxygens (including phenoxy) is 2. The average molecular weight is 443 g/mol. The van der Waals surface area contributed by atoms with Crippen molar-refractivity contribution in [3.63, 3.8) is 0 Å². The Bertz CT molecular complexity index is 1370. The predicted molar refractivity (Wildman–Crippen MR) is 141 cm³/mol. The van der Waals surface area contributed by atoms with E-state index >= 15 is 0 Å². The highest BCUT2D eigenvalue weighted by Gasteiger charge is 2.34. The number of allylic oxidation sites excluding steroid dienone is 3. The van der Waals surface area contributed by atoms with Crippen molar-refractivity contribution in [2.75, 3.05) is 14.2 Å². The summed E-state index contributed by atoms with van der Waals surface area (Å²) in [5, 5.41) is 2.60. The standard InChI is InChI=1S/C32H26O2/c1-33-27-13-7-21(8-14-27)17-25-11-12-26(18-22-9-15-28(34-2)16-10-22)31(25)32-29-19-23-5-3-4-6-24(23)20-30(29)32/h3-10,13-20H,11-12H2,1-2H3/b25-17+,26-18+. The fourth-order valence-corrected chi connectivity index (χ4v) is 5.01. The molecular formula is C32H26O2. The van der Waals surface area contributed by atoms with Crippen LogP contribution in [0.25, 0.3) is 28.5 Å². The van der Waals surface area contributed by atoms with Crippen molar-refractivity contribution in [2.45, 2.75) is 12.8 Å². The van der Waals surface area contributed by atoms with E-state index in [0.29, 0.717) is 0 Å². The minimum atomic E-state index is 0.883. The molecule has 0 aliphatic heterocycles. The van der Waals surface area contributed by atoms with Gasteiger partial charge in [-0.2, -0.15) is 0 Å². The van der Waals surface area contributed by atoms with Gasteiger partial charge in [0, 0.05) is 0 Å². The van der Waals surface area contributed by atoms with Crippen LogP contribution < -0.4 is 9.47 Å². The quantitative estimate of drug-likeness (QED) is 0.281. The van der Waals surface area contributed by atoms with Crippen molar-refractivity contribution in [3.8, 4) is 11.5 Å². The number of hydrogen-bond donors (Lipinski definition) is 0. The molecule has 0 unspecified atom stereocenters. The van der Waals surface area contributed by atoms with Gasteiger partial charge >= 0.3 is 0 Å². The molecular weight excluding hydrogens is 416 g/mol. The number of methoxy groups -OCH3 is 2. The first-order valence-corrected chi connectivity index (χ1v) is 11.7. The molecule has 0 spiro atoms. The maximum absolute atomic E-state index is 5.34. The second-order valence-electron chi connectivity index (χ2n) is 8.88. The summed E-state index contributed by atoms with van der Waals surface area (Å²) in [6.07, 6.45) is 6.77. The largest absolute Gasteiger partial charge is 0.497 e. The number of rotatable bonds is 4. The fourth-order valence-electron chi connectivity index (χ4n) is 5.01. The first-order chi connectivity index (χ1) is 16.7. The molecule has 2 aliphatic carbocycles. The van der Waals surface area contributed by atoms with E-state index in [-0.39, 0.29) is 0 Å². The molecule has 2 heteroatoms. The SMILES string of the molecule is COc1ccc(/C=C2\CC/C(=C\c3ccc(OC)cc3)C2=C2c3cc4ccccc4cc32)cc1. The van der Waals surface area contributed by atoms with Gasteiger partial charge in [0.1, 0.15) is 11.5 Å². The Morgan fingerprint density at radius 3 is 1.41 bits per heavy atom. The fraction of sp³-hybridized carbons (Fsp3) is 0.125. The molecule has 2 nitrogen and oxygen atoms in total. The summed E-state index contributed by atoms with van der Waals surface area (Å²) < 4.78 is 10.7. The Balaban J connectivity index is 1.47. The van der Waals surface area contributed by atoms with Crippen LogP contribution in [0.1, 0.15) is 35.1 Å². The van der Waals surface area contributed by atoms with Crippen LogP contribution in [0.2, 0.25) is 0 Å². The van der Waals surface area contributed by atoms with Gasteiger partial charge in [0.15, 0.2) is 0 Å². The molecule has 0 saturated heterocycles. The van der Waals surface area contributed by atoms with E-state index in [1.165, 1.54) is 55.3 Å². The number of hydrogen-bond acceptors (Lipinski definition) is 2. The maximum Gasteiger partial charge on any atom is 0.118 e. The van der Waals surface area contributed by atoms with E-state index in [4.69, 9.17) is 9.47 Å². The molecule has 0 amide bonds. The van der Waals surface area contributed by atoms with Crippen LogP contribution in [0.15, 0.2) is 102 Å². The minimum absolute atomic E-state index is 0.883. The molecule has 1 saturated carbocycles. The molecule has 0 aromatic heterocycles. The summed E-state index contributed by atoms with van der Waals surface area (Å²) in [5.74, 6) is 1.77. The first kappa shape index (κ1) is 20.6. The van der Waals surface area contributed by atoms with Crippen LogP contribution in [0.5, 0.6) is 11.5 Å². The Labute approximate surface area is 200 Å². The molecule has 4 aromatic rings. The Morgan fingerprint density at radius 2 is 1.00 bits per heavy atom. The van der Waals surface area contributed by atoms with Crippen molar-refractivity contribution >= 4 is 28.5 Å². The molecule has 2 aliphatic rings. The molecule has 34 heavy (non-hydrogen) atoms. The van der Waals surface area contributed by atoms with E-state index in [9.17, 15) is 0 Å². The molecule has 0 N–H and O–H groups in total. The molecule has 166 valence electrons. The average Bonchev–Trinajstić information content (AvgIpc) is 3.44. The van der Waals surface area contributed by atoms with Crippen molar-refractivity contribution in [1.29, 1.82) is 0 Å². The van der Waals surface area contributed by atoms with Crippen LogP contribution >= 0.6 is 0 Å². The summed E-state index contributed by atoms with van der Waals surface area (Å²) in [7, 11) is 3.41. The monoisotopic (exact) mass is 442 g/mol. The third-order valence-corrected chi connectivity index (χ3v) is 6.83. The van der Waals surface area contributed by atoms with Gasteiger partial charge in [0.05, 0.1) is 14.2 Å². The van der Waals surface area contributed by atoms with Crippen molar-refractivity contribution in [3.05, 3.63) is 124 Å². The lowest BCUT2D eigenvalue weighted by molar-refractivity contribution is 0.414. The van der Waals surface area contributed by atoms with Crippen LogP contribution in [-0.4, -0.2) is 14.2 Å². The zero-order valence-electron chi connectivity index (χ0n) is 19.5. The summed E-state index contributed by atoms with van der Waals surface area (Å²) in [4.78, 5) is 0. The normalized spacial score (nSPS) is 16.9. The third kappa shape index (κ3) is 3.72.